The molecule has 4 aromatic rings. The minimum absolute atomic E-state index is 0.166. The summed E-state index contributed by atoms with van der Waals surface area (Å²) in [7, 11) is -3.40. The van der Waals surface area contributed by atoms with Crippen molar-refractivity contribution >= 4 is 21.2 Å². The molecule has 34 heavy (non-hydrogen) atoms. The Morgan fingerprint density at radius 2 is 1.71 bits per heavy atom. The predicted octanol–water partition coefficient (Wildman–Crippen LogP) is 5.31. The number of nitrogens with zero attached hydrogens (tertiary/aromatic N) is 3. The number of sulfone groups is 1. The number of pyridine rings is 1. The highest BCUT2D eigenvalue weighted by molar-refractivity contribution is 7.90. The van der Waals surface area contributed by atoms with Crippen molar-refractivity contribution in [2.45, 2.75) is 30.5 Å². The summed E-state index contributed by atoms with van der Waals surface area (Å²) in [5.74, 6) is 0. The average molecular weight is 508 g/mol. The Bertz CT molecular complexity index is 1470. The highest BCUT2D eigenvalue weighted by atomic mass is 32.2. The van der Waals surface area contributed by atoms with E-state index in [2.05, 4.69) is 10.1 Å². The molecule has 1 N–H and O–H groups in total. The molecule has 0 saturated heterocycles. The van der Waals surface area contributed by atoms with Crippen LogP contribution in [-0.2, 0) is 21.6 Å². The summed E-state index contributed by atoms with van der Waals surface area (Å²) in [6.45, 7) is 2.99. The van der Waals surface area contributed by atoms with Gasteiger partial charge in [0.05, 0.1) is 26.8 Å². The SMILES string of the molecule is CC(C)(O)c1cc(-c2ccc(-c3cccc(S(C)(=O)=O)c3)s2)n(-c2cccnc2C(F)(F)F)n1. The van der Waals surface area contributed by atoms with Crippen LogP contribution in [0.5, 0.6) is 0 Å². The van der Waals surface area contributed by atoms with E-state index in [4.69, 9.17) is 0 Å². The van der Waals surface area contributed by atoms with Gasteiger partial charge < -0.3 is 5.11 Å². The van der Waals surface area contributed by atoms with E-state index >= 15 is 0 Å². The van der Waals surface area contributed by atoms with Crippen LogP contribution in [0.25, 0.3) is 26.7 Å². The third-order valence-electron chi connectivity index (χ3n) is 5.02. The fraction of sp³-hybridized carbons (Fsp3) is 0.217. The second kappa shape index (κ2) is 8.33. The van der Waals surface area contributed by atoms with E-state index in [0.717, 1.165) is 22.0 Å². The van der Waals surface area contributed by atoms with Gasteiger partial charge >= 0.3 is 6.18 Å². The Hall–Kier alpha value is -3.02. The van der Waals surface area contributed by atoms with Crippen LogP contribution in [-0.4, -0.2) is 34.5 Å². The molecule has 1 aromatic carbocycles. The first kappa shape index (κ1) is 24.1. The van der Waals surface area contributed by atoms with Gasteiger partial charge in [-0.15, -0.1) is 11.3 Å². The molecule has 0 bridgehead atoms. The van der Waals surface area contributed by atoms with E-state index < -0.39 is 27.3 Å². The molecule has 0 aliphatic carbocycles. The van der Waals surface area contributed by atoms with Crippen LogP contribution in [0.2, 0.25) is 0 Å². The van der Waals surface area contributed by atoms with Crippen molar-refractivity contribution in [1.82, 2.24) is 14.8 Å². The van der Waals surface area contributed by atoms with Crippen molar-refractivity contribution in [2.24, 2.45) is 0 Å². The van der Waals surface area contributed by atoms with Gasteiger partial charge in [-0.2, -0.15) is 18.3 Å². The lowest BCUT2D eigenvalue weighted by atomic mass is 10.1. The third kappa shape index (κ3) is 4.77. The van der Waals surface area contributed by atoms with Crippen LogP contribution >= 0.6 is 11.3 Å². The molecule has 0 atom stereocenters. The molecule has 0 unspecified atom stereocenters. The summed E-state index contributed by atoms with van der Waals surface area (Å²) in [6.07, 6.45) is -2.53. The molecule has 0 aliphatic rings. The lowest BCUT2D eigenvalue weighted by Crippen LogP contribution is -2.18. The molecule has 0 radical (unpaired) electrons. The normalized spacial score (nSPS) is 12.8. The summed E-state index contributed by atoms with van der Waals surface area (Å²) in [5.41, 5.74) is -1.58. The van der Waals surface area contributed by atoms with E-state index in [1.54, 1.807) is 30.3 Å². The quantitative estimate of drug-likeness (QED) is 0.396. The van der Waals surface area contributed by atoms with Gasteiger partial charge in [0, 0.05) is 17.3 Å². The highest BCUT2D eigenvalue weighted by Crippen LogP contribution is 2.39. The average Bonchev–Trinajstić information content (AvgIpc) is 3.40. The van der Waals surface area contributed by atoms with Gasteiger partial charge in [-0.1, -0.05) is 12.1 Å². The zero-order chi connectivity index (χ0) is 24.9. The minimum Gasteiger partial charge on any atom is -0.384 e. The number of thiophene rings is 1. The van der Waals surface area contributed by atoms with E-state index in [1.165, 1.54) is 49.4 Å². The Balaban J connectivity index is 1.88. The second-order valence-electron chi connectivity index (χ2n) is 8.22. The Morgan fingerprint density at radius 3 is 2.35 bits per heavy atom. The lowest BCUT2D eigenvalue weighted by molar-refractivity contribution is -0.141. The topological polar surface area (TPSA) is 85.1 Å². The minimum atomic E-state index is -4.71. The monoisotopic (exact) mass is 507 g/mol. The molecule has 178 valence electrons. The molecule has 0 fully saturated rings. The summed E-state index contributed by atoms with van der Waals surface area (Å²) in [6, 6.07) is 14.1. The molecule has 3 heterocycles. The molecule has 0 saturated carbocycles. The number of rotatable bonds is 5. The molecule has 6 nitrogen and oxygen atoms in total. The summed E-state index contributed by atoms with van der Waals surface area (Å²) < 4.78 is 66.0. The molecule has 3 aromatic heterocycles. The Morgan fingerprint density at radius 1 is 1.00 bits per heavy atom. The standard InChI is InChI=1S/C23H20F3N3O3S2/c1-22(2,30)20-13-17(29(28-20)16-8-5-11-27-21(16)23(24,25)26)19-10-9-18(33-19)14-6-4-7-15(12-14)34(3,31)32/h4-13,30H,1-3H3. The van der Waals surface area contributed by atoms with Gasteiger partial charge in [0.2, 0.25) is 0 Å². The number of halogens is 3. The van der Waals surface area contributed by atoms with Gasteiger partial charge in [0.15, 0.2) is 15.5 Å². The van der Waals surface area contributed by atoms with Crippen molar-refractivity contribution in [3.63, 3.8) is 0 Å². The summed E-state index contributed by atoms with van der Waals surface area (Å²) >= 11 is 1.27. The fourth-order valence-corrected chi connectivity index (χ4v) is 5.01. The van der Waals surface area contributed by atoms with Crippen LogP contribution < -0.4 is 0 Å². The molecule has 0 spiro atoms. The van der Waals surface area contributed by atoms with Crippen LogP contribution in [0, 0.1) is 0 Å². The number of benzene rings is 1. The second-order valence-corrected chi connectivity index (χ2v) is 11.3. The highest BCUT2D eigenvalue weighted by Gasteiger charge is 2.37. The van der Waals surface area contributed by atoms with Crippen molar-refractivity contribution in [3.05, 3.63) is 72.2 Å². The van der Waals surface area contributed by atoms with E-state index in [9.17, 15) is 26.7 Å². The van der Waals surface area contributed by atoms with Crippen molar-refractivity contribution < 1.29 is 26.7 Å². The number of alkyl halides is 3. The molecule has 4 rings (SSSR count). The zero-order valence-corrected chi connectivity index (χ0v) is 20.0. The van der Waals surface area contributed by atoms with Crippen LogP contribution in [0.4, 0.5) is 13.2 Å². The fourth-order valence-electron chi connectivity index (χ4n) is 3.34. The number of aliphatic hydroxyl groups is 1. The van der Waals surface area contributed by atoms with Crippen LogP contribution in [0.3, 0.4) is 0 Å². The van der Waals surface area contributed by atoms with Crippen LogP contribution in [0.15, 0.2) is 65.7 Å². The van der Waals surface area contributed by atoms with Crippen molar-refractivity contribution in [2.75, 3.05) is 6.26 Å². The van der Waals surface area contributed by atoms with Gasteiger partial charge in [-0.3, -0.25) is 0 Å². The lowest BCUT2D eigenvalue weighted by Gasteiger charge is -2.14. The first-order chi connectivity index (χ1) is 15.7. The van der Waals surface area contributed by atoms with E-state index in [0.29, 0.717) is 16.1 Å². The largest absolute Gasteiger partial charge is 0.435 e. The number of hydrogen-bond donors (Lipinski definition) is 1. The van der Waals surface area contributed by atoms with E-state index in [-0.39, 0.29) is 16.3 Å². The molecular weight excluding hydrogens is 487 g/mol. The molecule has 0 amide bonds. The van der Waals surface area contributed by atoms with E-state index in [1.807, 2.05) is 0 Å². The summed E-state index contributed by atoms with van der Waals surface area (Å²) in [5, 5.41) is 14.8. The Kier molecular flexibility index (Phi) is 5.91. The van der Waals surface area contributed by atoms with Gasteiger partial charge in [0.25, 0.3) is 0 Å². The van der Waals surface area contributed by atoms with Crippen molar-refractivity contribution in [3.8, 4) is 26.7 Å². The van der Waals surface area contributed by atoms with Crippen molar-refractivity contribution in [1.29, 1.82) is 0 Å². The molecule has 0 aliphatic heterocycles. The zero-order valence-electron chi connectivity index (χ0n) is 18.3. The smallest absolute Gasteiger partial charge is 0.384 e. The maximum Gasteiger partial charge on any atom is 0.435 e. The summed E-state index contributed by atoms with van der Waals surface area (Å²) in [4.78, 5) is 4.99. The van der Waals surface area contributed by atoms with Gasteiger partial charge in [-0.05, 0) is 61.9 Å². The predicted molar refractivity (Wildman–Crippen MR) is 123 cm³/mol. The molecule has 11 heteroatoms. The van der Waals surface area contributed by atoms with Gasteiger partial charge in [0.1, 0.15) is 5.60 Å². The number of aromatic nitrogens is 3. The first-order valence-corrected chi connectivity index (χ1v) is 12.7. The van der Waals surface area contributed by atoms with Crippen LogP contribution in [0.1, 0.15) is 25.2 Å². The number of hydrogen-bond acceptors (Lipinski definition) is 6. The first-order valence-electron chi connectivity index (χ1n) is 10.0. The van der Waals surface area contributed by atoms with Gasteiger partial charge in [-0.25, -0.2) is 18.1 Å². The maximum atomic E-state index is 13.7. The third-order valence-corrected chi connectivity index (χ3v) is 7.29. The Labute approximate surface area is 198 Å². The maximum absolute atomic E-state index is 13.7. The molecular formula is C23H20F3N3O3S2.